The highest BCUT2D eigenvalue weighted by molar-refractivity contribution is 5.87. The number of rotatable bonds is 5. The zero-order valence-corrected chi connectivity index (χ0v) is 12.7. The Labute approximate surface area is 115 Å². The van der Waals surface area contributed by atoms with Crippen molar-refractivity contribution in [3.05, 3.63) is 0 Å². The van der Waals surface area contributed by atoms with Crippen molar-refractivity contribution in [2.45, 2.75) is 52.2 Å². The van der Waals surface area contributed by atoms with Crippen molar-refractivity contribution in [1.29, 1.82) is 0 Å². The third kappa shape index (κ3) is 8.39. The number of hydrazine groups is 1. The molecule has 0 radical (unpaired) electrons. The number of hydrogen-bond donors (Lipinski definition) is 4. The van der Waals surface area contributed by atoms with E-state index in [1.807, 2.05) is 27.7 Å². The summed E-state index contributed by atoms with van der Waals surface area (Å²) in [4.78, 5) is 16.1. The number of nitrogens with two attached hydrogens (primary N) is 1. The molecule has 0 aromatic carbocycles. The Morgan fingerprint density at radius 1 is 1.37 bits per heavy atom. The van der Waals surface area contributed by atoms with E-state index in [1.54, 1.807) is 14.0 Å². The molecule has 112 valence electrons. The number of aliphatic imine (C=N–C) groups is 1. The first kappa shape index (κ1) is 17.7. The maximum Gasteiger partial charge on any atom is 0.245 e. The molecular formula is C12H27N5O2. The Morgan fingerprint density at radius 2 is 1.95 bits per heavy atom. The summed E-state index contributed by atoms with van der Waals surface area (Å²) < 4.78 is 5.00. The molecule has 2 atom stereocenters. The fraction of sp³-hybridized carbons (Fsp3) is 0.833. The van der Waals surface area contributed by atoms with Gasteiger partial charge < -0.3 is 15.4 Å². The number of ether oxygens (including phenoxy) is 1. The average molecular weight is 273 g/mol. The summed E-state index contributed by atoms with van der Waals surface area (Å²) in [5, 5.41) is 5.88. The largest absolute Gasteiger partial charge is 0.383 e. The van der Waals surface area contributed by atoms with Gasteiger partial charge in [0.05, 0.1) is 6.61 Å². The third-order valence-corrected chi connectivity index (χ3v) is 2.14. The van der Waals surface area contributed by atoms with E-state index < -0.39 is 6.04 Å². The van der Waals surface area contributed by atoms with Crippen LogP contribution in [0.1, 0.15) is 34.6 Å². The van der Waals surface area contributed by atoms with Crippen LogP contribution < -0.4 is 21.9 Å². The number of carbonyl (C=O) groups is 1. The lowest BCUT2D eigenvalue weighted by Gasteiger charge is -2.22. The molecule has 2 unspecified atom stereocenters. The molecule has 7 nitrogen and oxygen atoms in total. The molecule has 5 N–H and O–H groups in total. The topological polar surface area (TPSA) is 101 Å². The van der Waals surface area contributed by atoms with E-state index in [2.05, 4.69) is 21.1 Å². The lowest BCUT2D eigenvalue weighted by Crippen LogP contribution is -2.49. The molecule has 0 aromatic rings. The zero-order valence-electron chi connectivity index (χ0n) is 12.7. The van der Waals surface area contributed by atoms with E-state index in [4.69, 9.17) is 10.6 Å². The summed E-state index contributed by atoms with van der Waals surface area (Å²) in [5.74, 6) is 5.59. The normalized spacial score (nSPS) is 15.6. The number of hydrogen-bond acceptors (Lipinski definition) is 4. The van der Waals surface area contributed by atoms with Gasteiger partial charge in [0.1, 0.15) is 6.04 Å². The monoisotopic (exact) mass is 273 g/mol. The Hall–Kier alpha value is -1.34. The molecule has 0 heterocycles. The summed E-state index contributed by atoms with van der Waals surface area (Å²) in [7, 11) is 1.62. The quantitative estimate of drug-likeness (QED) is 0.239. The van der Waals surface area contributed by atoms with Crippen LogP contribution in [-0.2, 0) is 9.53 Å². The van der Waals surface area contributed by atoms with Crippen LogP contribution >= 0.6 is 0 Å². The van der Waals surface area contributed by atoms with Crippen LogP contribution in [0, 0.1) is 0 Å². The van der Waals surface area contributed by atoms with E-state index >= 15 is 0 Å². The summed E-state index contributed by atoms with van der Waals surface area (Å²) in [6, 6.07) is -0.495. The van der Waals surface area contributed by atoms with Gasteiger partial charge in [0.2, 0.25) is 11.9 Å². The minimum absolute atomic E-state index is 0.0395. The van der Waals surface area contributed by atoms with E-state index in [0.717, 1.165) is 0 Å². The van der Waals surface area contributed by atoms with Gasteiger partial charge in [-0.25, -0.2) is 10.8 Å². The molecule has 19 heavy (non-hydrogen) atoms. The van der Waals surface area contributed by atoms with E-state index in [-0.39, 0.29) is 17.5 Å². The molecular weight excluding hydrogens is 246 g/mol. The molecule has 0 aliphatic carbocycles. The molecule has 0 aliphatic heterocycles. The van der Waals surface area contributed by atoms with Crippen LogP contribution in [0.3, 0.4) is 0 Å². The Balaban J connectivity index is 4.55. The highest BCUT2D eigenvalue weighted by atomic mass is 16.5. The van der Waals surface area contributed by atoms with E-state index in [1.165, 1.54) is 0 Å². The van der Waals surface area contributed by atoms with E-state index in [9.17, 15) is 4.79 Å². The first-order valence-corrected chi connectivity index (χ1v) is 6.31. The maximum absolute atomic E-state index is 11.9. The van der Waals surface area contributed by atoms with Crippen molar-refractivity contribution in [2.24, 2.45) is 10.8 Å². The van der Waals surface area contributed by atoms with Crippen LogP contribution in [0.5, 0.6) is 0 Å². The van der Waals surface area contributed by atoms with Gasteiger partial charge in [-0.1, -0.05) is 0 Å². The molecule has 0 aromatic heterocycles. The van der Waals surface area contributed by atoms with Crippen molar-refractivity contribution in [3.8, 4) is 0 Å². The second kappa shape index (κ2) is 7.96. The second-order valence-electron chi connectivity index (χ2n) is 5.54. The lowest BCUT2D eigenvalue weighted by molar-refractivity contribution is -0.123. The first-order valence-electron chi connectivity index (χ1n) is 6.31. The molecule has 0 spiro atoms. The SMILES string of the molecule is COCC(C)NC(=NC(C)C(=O)NC(C)(C)C)NN. The van der Waals surface area contributed by atoms with Gasteiger partial charge in [-0.15, -0.1) is 0 Å². The van der Waals surface area contributed by atoms with Gasteiger partial charge in [0.25, 0.3) is 0 Å². The van der Waals surface area contributed by atoms with Gasteiger partial charge >= 0.3 is 0 Å². The molecule has 0 bridgehead atoms. The highest BCUT2D eigenvalue weighted by Gasteiger charge is 2.19. The van der Waals surface area contributed by atoms with Gasteiger partial charge in [-0.3, -0.25) is 10.2 Å². The summed E-state index contributed by atoms with van der Waals surface area (Å²) in [6.45, 7) is 9.91. The van der Waals surface area contributed by atoms with Gasteiger partial charge in [-0.05, 0) is 34.6 Å². The standard InChI is InChI=1S/C12H27N5O2/c1-8(7-19-6)14-11(17-13)15-9(2)10(18)16-12(3,4)5/h8-9H,7,13H2,1-6H3,(H,16,18)(H2,14,15,17). The number of amides is 1. The molecule has 1 amide bonds. The Bertz CT molecular complexity index is 312. The van der Waals surface area contributed by atoms with Gasteiger partial charge in [0, 0.05) is 18.7 Å². The van der Waals surface area contributed by atoms with Crippen molar-refractivity contribution < 1.29 is 9.53 Å². The predicted octanol–water partition coefficient (Wildman–Crippen LogP) is -0.267. The minimum atomic E-state index is -0.535. The average Bonchev–Trinajstić information content (AvgIpc) is 2.25. The Morgan fingerprint density at radius 3 is 2.37 bits per heavy atom. The zero-order chi connectivity index (χ0) is 15.1. The molecule has 0 saturated carbocycles. The van der Waals surface area contributed by atoms with Crippen LogP contribution in [0.15, 0.2) is 4.99 Å². The number of guanidine groups is 1. The number of carbonyl (C=O) groups excluding carboxylic acids is 1. The predicted molar refractivity (Wildman–Crippen MR) is 76.6 cm³/mol. The smallest absolute Gasteiger partial charge is 0.245 e. The molecule has 0 fully saturated rings. The number of nitrogens with zero attached hydrogens (tertiary/aromatic N) is 1. The number of nitrogens with one attached hydrogen (secondary N) is 3. The van der Waals surface area contributed by atoms with Crippen LogP contribution in [0.4, 0.5) is 0 Å². The van der Waals surface area contributed by atoms with Crippen molar-refractivity contribution in [2.75, 3.05) is 13.7 Å². The molecule has 0 rings (SSSR count). The lowest BCUT2D eigenvalue weighted by atomic mass is 10.1. The van der Waals surface area contributed by atoms with Gasteiger partial charge in [0.15, 0.2) is 0 Å². The highest BCUT2D eigenvalue weighted by Crippen LogP contribution is 2.01. The fourth-order valence-corrected chi connectivity index (χ4v) is 1.37. The first-order chi connectivity index (χ1) is 8.69. The summed E-state index contributed by atoms with van der Waals surface area (Å²) >= 11 is 0. The van der Waals surface area contributed by atoms with Crippen LogP contribution in [0.2, 0.25) is 0 Å². The molecule has 0 saturated heterocycles. The van der Waals surface area contributed by atoms with Crippen LogP contribution in [-0.4, -0.2) is 43.2 Å². The molecule has 7 heteroatoms. The second-order valence-corrected chi connectivity index (χ2v) is 5.54. The van der Waals surface area contributed by atoms with Crippen molar-refractivity contribution in [3.63, 3.8) is 0 Å². The fourth-order valence-electron chi connectivity index (χ4n) is 1.37. The summed E-state index contributed by atoms with van der Waals surface area (Å²) in [6.07, 6.45) is 0. The van der Waals surface area contributed by atoms with Gasteiger partial charge in [-0.2, -0.15) is 0 Å². The summed E-state index contributed by atoms with van der Waals surface area (Å²) in [5.41, 5.74) is 2.16. The van der Waals surface area contributed by atoms with Crippen molar-refractivity contribution in [1.82, 2.24) is 16.1 Å². The maximum atomic E-state index is 11.9. The van der Waals surface area contributed by atoms with Crippen molar-refractivity contribution >= 4 is 11.9 Å². The minimum Gasteiger partial charge on any atom is -0.383 e. The Kier molecular flexibility index (Phi) is 7.40. The number of methoxy groups -OCH3 is 1. The van der Waals surface area contributed by atoms with Crippen LogP contribution in [0.25, 0.3) is 0 Å². The third-order valence-electron chi connectivity index (χ3n) is 2.14. The van der Waals surface area contributed by atoms with E-state index in [0.29, 0.717) is 12.6 Å². The molecule has 0 aliphatic rings.